The lowest BCUT2D eigenvalue weighted by Crippen LogP contribution is -2.55. The van der Waals surface area contributed by atoms with Crippen LogP contribution < -0.4 is 5.32 Å². The van der Waals surface area contributed by atoms with Crippen molar-refractivity contribution in [3.63, 3.8) is 0 Å². The van der Waals surface area contributed by atoms with E-state index >= 15 is 0 Å². The number of likely N-dealkylation sites (N-methyl/N-ethyl adjacent to an activating group) is 1. The molecule has 7 nitrogen and oxygen atoms in total. The Morgan fingerprint density at radius 1 is 1.47 bits per heavy atom. The number of rotatable bonds is 3. The van der Waals surface area contributed by atoms with E-state index in [1.54, 1.807) is 4.90 Å². The van der Waals surface area contributed by atoms with Gasteiger partial charge in [0.25, 0.3) is 0 Å². The van der Waals surface area contributed by atoms with E-state index in [4.69, 9.17) is 10.2 Å². The number of carboxylic acid groups (broad SMARTS) is 1. The van der Waals surface area contributed by atoms with Gasteiger partial charge in [0.05, 0.1) is 6.54 Å². The summed E-state index contributed by atoms with van der Waals surface area (Å²) in [6, 6.07) is -0.0517. The third-order valence-electron chi connectivity index (χ3n) is 2.98. The van der Waals surface area contributed by atoms with Crippen molar-refractivity contribution in [1.82, 2.24) is 15.1 Å². The second kappa shape index (κ2) is 5.83. The molecular formula is C10H19N3O4. The summed E-state index contributed by atoms with van der Waals surface area (Å²) in [5.41, 5.74) is 0. The Labute approximate surface area is 100.0 Å². The molecule has 1 fully saturated rings. The van der Waals surface area contributed by atoms with Gasteiger partial charge in [0, 0.05) is 25.7 Å². The van der Waals surface area contributed by atoms with Crippen molar-refractivity contribution in [3.8, 4) is 0 Å². The lowest BCUT2D eigenvalue weighted by molar-refractivity contribution is -0.146. The van der Waals surface area contributed by atoms with Crippen LogP contribution in [0.5, 0.6) is 0 Å². The zero-order chi connectivity index (χ0) is 13.0. The summed E-state index contributed by atoms with van der Waals surface area (Å²) in [4.78, 5) is 25.8. The number of carboxylic acids is 1. The molecule has 1 unspecified atom stereocenters. The molecule has 1 aliphatic heterocycles. The third kappa shape index (κ3) is 3.86. The Bertz CT molecular complexity index is 297. The van der Waals surface area contributed by atoms with Gasteiger partial charge in [-0.05, 0) is 14.0 Å². The van der Waals surface area contributed by atoms with Gasteiger partial charge in [-0.1, -0.05) is 0 Å². The van der Waals surface area contributed by atoms with Gasteiger partial charge in [0.1, 0.15) is 0 Å². The van der Waals surface area contributed by atoms with Crippen LogP contribution in [0.25, 0.3) is 0 Å². The average Bonchev–Trinajstić information content (AvgIpc) is 2.28. The molecule has 0 aromatic rings. The third-order valence-corrected chi connectivity index (χ3v) is 2.98. The highest BCUT2D eigenvalue weighted by Crippen LogP contribution is 2.06. The maximum atomic E-state index is 11.7. The number of amides is 2. The van der Waals surface area contributed by atoms with Crippen LogP contribution in [0.2, 0.25) is 0 Å². The smallest absolute Gasteiger partial charge is 0.334 e. The van der Waals surface area contributed by atoms with Gasteiger partial charge >= 0.3 is 12.0 Å². The Hall–Kier alpha value is -1.34. The quantitative estimate of drug-likeness (QED) is 0.579. The van der Waals surface area contributed by atoms with E-state index < -0.39 is 12.1 Å². The van der Waals surface area contributed by atoms with Crippen LogP contribution in [0, 0.1) is 0 Å². The Morgan fingerprint density at radius 2 is 2.12 bits per heavy atom. The van der Waals surface area contributed by atoms with Crippen LogP contribution >= 0.6 is 0 Å². The number of urea groups is 1. The van der Waals surface area contributed by atoms with Crippen molar-refractivity contribution in [1.29, 1.82) is 0 Å². The van der Waals surface area contributed by atoms with Gasteiger partial charge in [-0.2, -0.15) is 0 Å². The van der Waals surface area contributed by atoms with Crippen molar-refractivity contribution in [2.75, 3.05) is 33.2 Å². The maximum absolute atomic E-state index is 11.7. The molecule has 7 heteroatoms. The average molecular weight is 245 g/mol. The zero-order valence-electron chi connectivity index (χ0n) is 10.1. The molecule has 98 valence electrons. The first-order valence-corrected chi connectivity index (χ1v) is 5.55. The second-order valence-corrected chi connectivity index (χ2v) is 4.32. The standard InChI is InChI=1S/C10H19N3O4/c1-7-6-13(4-3-12(7)2)10(17)11-5-8(14)9(15)16/h7-8,14H,3-6H2,1-2H3,(H,11,17)(H,15,16)/t7?,8-/m0/s1. The number of aliphatic carboxylic acids is 1. The van der Waals surface area contributed by atoms with Crippen LogP contribution in [0.1, 0.15) is 6.92 Å². The van der Waals surface area contributed by atoms with E-state index in [-0.39, 0.29) is 18.6 Å². The van der Waals surface area contributed by atoms with Crippen LogP contribution in [0.4, 0.5) is 4.79 Å². The normalized spacial score (nSPS) is 23.2. The molecule has 1 aliphatic rings. The van der Waals surface area contributed by atoms with Gasteiger partial charge < -0.3 is 25.3 Å². The molecule has 0 aromatic heterocycles. The fraction of sp³-hybridized carbons (Fsp3) is 0.800. The number of aliphatic hydroxyl groups is 1. The number of aliphatic hydroxyl groups excluding tert-OH is 1. The Kier molecular flexibility index (Phi) is 4.71. The van der Waals surface area contributed by atoms with E-state index in [1.807, 2.05) is 14.0 Å². The number of nitrogens with one attached hydrogen (secondary N) is 1. The molecule has 0 aromatic carbocycles. The number of hydrogen-bond donors (Lipinski definition) is 3. The summed E-state index contributed by atoms with van der Waals surface area (Å²) >= 11 is 0. The Morgan fingerprint density at radius 3 is 2.65 bits per heavy atom. The highest BCUT2D eigenvalue weighted by Gasteiger charge is 2.24. The molecule has 2 amide bonds. The number of carbonyl (C=O) groups excluding carboxylic acids is 1. The number of hydrogen-bond acceptors (Lipinski definition) is 4. The van der Waals surface area contributed by atoms with Gasteiger partial charge in [0.2, 0.25) is 0 Å². The fourth-order valence-corrected chi connectivity index (χ4v) is 1.62. The monoisotopic (exact) mass is 245 g/mol. The first-order valence-electron chi connectivity index (χ1n) is 5.55. The van der Waals surface area contributed by atoms with Crippen LogP contribution in [-0.2, 0) is 4.79 Å². The summed E-state index contributed by atoms with van der Waals surface area (Å²) < 4.78 is 0. The summed E-state index contributed by atoms with van der Waals surface area (Å²) in [6.45, 7) is 3.75. The lowest BCUT2D eigenvalue weighted by Gasteiger charge is -2.37. The second-order valence-electron chi connectivity index (χ2n) is 4.32. The number of nitrogens with zero attached hydrogens (tertiary/aromatic N) is 2. The minimum atomic E-state index is -1.55. The first-order chi connectivity index (χ1) is 7.91. The van der Waals surface area contributed by atoms with Gasteiger partial charge in [0.15, 0.2) is 6.10 Å². The SMILES string of the molecule is CC1CN(C(=O)NC[C@H](O)C(=O)O)CCN1C. The van der Waals surface area contributed by atoms with Crippen molar-refractivity contribution in [2.24, 2.45) is 0 Å². The largest absolute Gasteiger partial charge is 0.479 e. The van der Waals surface area contributed by atoms with Crippen LogP contribution in [-0.4, -0.2) is 77.4 Å². The maximum Gasteiger partial charge on any atom is 0.334 e. The van der Waals surface area contributed by atoms with Crippen molar-refractivity contribution in [2.45, 2.75) is 19.1 Å². The van der Waals surface area contributed by atoms with E-state index in [1.165, 1.54) is 0 Å². The van der Waals surface area contributed by atoms with Gasteiger partial charge in [-0.15, -0.1) is 0 Å². The van der Waals surface area contributed by atoms with E-state index in [0.717, 1.165) is 6.54 Å². The zero-order valence-corrected chi connectivity index (χ0v) is 10.1. The van der Waals surface area contributed by atoms with Crippen LogP contribution in [0.3, 0.4) is 0 Å². The number of piperazine rings is 1. The highest BCUT2D eigenvalue weighted by atomic mass is 16.4. The molecule has 1 saturated heterocycles. The topological polar surface area (TPSA) is 93.1 Å². The molecule has 0 bridgehead atoms. The minimum Gasteiger partial charge on any atom is -0.479 e. The van der Waals surface area contributed by atoms with E-state index in [9.17, 15) is 9.59 Å². The summed E-state index contributed by atoms with van der Waals surface area (Å²) in [5.74, 6) is -1.34. The molecule has 2 atom stereocenters. The fourth-order valence-electron chi connectivity index (χ4n) is 1.62. The van der Waals surface area contributed by atoms with Crippen molar-refractivity contribution >= 4 is 12.0 Å². The van der Waals surface area contributed by atoms with E-state index in [0.29, 0.717) is 13.1 Å². The summed E-state index contributed by atoms with van der Waals surface area (Å²) in [5, 5.41) is 19.9. The van der Waals surface area contributed by atoms with E-state index in [2.05, 4.69) is 10.2 Å². The molecule has 1 rings (SSSR count). The highest BCUT2D eigenvalue weighted by molar-refractivity contribution is 5.76. The molecule has 17 heavy (non-hydrogen) atoms. The molecule has 1 heterocycles. The summed E-state index contributed by atoms with van der Waals surface area (Å²) in [6.07, 6.45) is -1.55. The first kappa shape index (κ1) is 13.7. The number of carbonyl (C=O) groups is 2. The molecular weight excluding hydrogens is 226 g/mol. The molecule has 3 N–H and O–H groups in total. The summed E-state index contributed by atoms with van der Waals surface area (Å²) in [7, 11) is 1.99. The predicted octanol–water partition coefficient (Wildman–Crippen LogP) is -1.22. The molecule has 0 saturated carbocycles. The van der Waals surface area contributed by atoms with Crippen molar-refractivity contribution in [3.05, 3.63) is 0 Å². The molecule has 0 aliphatic carbocycles. The van der Waals surface area contributed by atoms with Gasteiger partial charge in [-0.25, -0.2) is 9.59 Å². The Balaban J connectivity index is 2.36. The van der Waals surface area contributed by atoms with Crippen molar-refractivity contribution < 1.29 is 19.8 Å². The van der Waals surface area contributed by atoms with Crippen LogP contribution in [0.15, 0.2) is 0 Å². The molecule has 0 spiro atoms. The lowest BCUT2D eigenvalue weighted by atomic mass is 10.2. The van der Waals surface area contributed by atoms with Gasteiger partial charge in [-0.3, -0.25) is 0 Å². The molecule has 0 radical (unpaired) electrons. The minimum absolute atomic E-state index is 0.269. The predicted molar refractivity (Wildman–Crippen MR) is 60.7 cm³/mol.